The van der Waals surface area contributed by atoms with Crippen LogP contribution in [0.1, 0.15) is 65.2 Å². The van der Waals surface area contributed by atoms with E-state index >= 15 is 0 Å². The third kappa shape index (κ3) is 3.11. The van der Waals surface area contributed by atoms with E-state index in [0.717, 1.165) is 44.1 Å². The first kappa shape index (κ1) is 23.3. The lowest BCUT2D eigenvalue weighted by molar-refractivity contribution is -0.243. The number of likely N-dealkylation sites (N-methyl/N-ethyl adjacent to an activating group) is 1. The number of nitrogens with zero attached hydrogens (tertiary/aromatic N) is 1. The highest BCUT2D eigenvalue weighted by atomic mass is 16.5. The highest BCUT2D eigenvalue weighted by Gasteiger charge is 2.70. The number of esters is 1. The van der Waals surface area contributed by atoms with Gasteiger partial charge in [0.1, 0.15) is 6.61 Å². The molecule has 4 saturated carbocycles. The van der Waals surface area contributed by atoms with E-state index in [1.165, 1.54) is 0 Å². The predicted octanol–water partition coefficient (Wildman–Crippen LogP) is 2.00. The number of cyclic esters (lactones) is 1. The molecule has 0 aromatic carbocycles. The molecular weight excluding hydrogens is 420 g/mol. The Morgan fingerprint density at radius 2 is 1.94 bits per heavy atom. The number of carbonyl (C=O) groups excluding carboxylic acids is 2. The van der Waals surface area contributed by atoms with Gasteiger partial charge in [-0.15, -0.1) is 0 Å². The first-order chi connectivity index (χ1) is 15.6. The van der Waals surface area contributed by atoms with Gasteiger partial charge in [0.2, 0.25) is 5.91 Å². The maximum Gasteiger partial charge on any atom is 0.331 e. The first-order valence-electron chi connectivity index (χ1n) is 12.8. The summed E-state index contributed by atoms with van der Waals surface area (Å²) in [6.07, 6.45) is 8.01. The number of hydrogen-bond acceptors (Lipinski definition) is 6. The van der Waals surface area contributed by atoms with Gasteiger partial charge in [-0.05, 0) is 86.0 Å². The number of nitrogens with two attached hydrogens (primary N) is 1. The predicted molar refractivity (Wildman–Crippen MR) is 123 cm³/mol. The minimum Gasteiger partial charge on any atom is -0.458 e. The van der Waals surface area contributed by atoms with Crippen LogP contribution in [-0.4, -0.2) is 64.9 Å². The van der Waals surface area contributed by atoms with E-state index in [-0.39, 0.29) is 54.2 Å². The van der Waals surface area contributed by atoms with Gasteiger partial charge in [-0.25, -0.2) is 4.79 Å². The number of rotatable bonds is 3. The lowest BCUT2D eigenvalue weighted by Gasteiger charge is -2.65. The van der Waals surface area contributed by atoms with Crippen molar-refractivity contribution in [3.05, 3.63) is 11.6 Å². The van der Waals surface area contributed by atoms with E-state index in [1.54, 1.807) is 6.08 Å². The molecule has 0 bridgehead atoms. The van der Waals surface area contributed by atoms with Crippen LogP contribution in [0.4, 0.5) is 0 Å². The van der Waals surface area contributed by atoms with Gasteiger partial charge in [0.15, 0.2) is 0 Å². The van der Waals surface area contributed by atoms with Crippen molar-refractivity contribution in [1.82, 2.24) is 4.90 Å². The summed E-state index contributed by atoms with van der Waals surface area (Å²) in [6, 6.07) is 0.222. The summed E-state index contributed by atoms with van der Waals surface area (Å²) in [5.74, 6) is 0.547. The summed E-state index contributed by atoms with van der Waals surface area (Å²) in [5.41, 5.74) is 4.98. The highest BCUT2D eigenvalue weighted by molar-refractivity contribution is 5.85. The van der Waals surface area contributed by atoms with Crippen LogP contribution in [0.2, 0.25) is 0 Å². The Hall–Kier alpha value is -1.44. The van der Waals surface area contributed by atoms with Crippen LogP contribution in [-0.2, 0) is 14.3 Å². The van der Waals surface area contributed by atoms with Crippen molar-refractivity contribution >= 4 is 11.9 Å². The standard InChI is InChI=1S/C26H40N2O5/c1-24-8-6-17(28(3)22(30)13-27)11-16(24)4-5-19-20(24)12-21(29)25(2)18(7-9-26(19,25)32)15-10-23(31)33-14-15/h10,16-21,29,32H,4-9,11-14,27H2,1-3H3/t16-,17+,18-,19-,20+,21-,24+,25+,26+/m1/s1. The largest absolute Gasteiger partial charge is 0.458 e. The minimum atomic E-state index is -0.941. The Morgan fingerprint density at radius 1 is 1.18 bits per heavy atom. The van der Waals surface area contributed by atoms with E-state index in [9.17, 15) is 19.8 Å². The lowest BCUT2D eigenvalue weighted by Crippen LogP contribution is -2.67. The average Bonchev–Trinajstić information content (AvgIpc) is 3.34. The quantitative estimate of drug-likeness (QED) is 0.555. The highest BCUT2D eigenvalue weighted by Crippen LogP contribution is 2.70. The summed E-state index contributed by atoms with van der Waals surface area (Å²) < 4.78 is 5.19. The molecule has 1 aliphatic heterocycles. The summed E-state index contributed by atoms with van der Waals surface area (Å²) in [6.45, 7) is 4.75. The molecule has 0 aromatic rings. The number of ether oxygens (including phenoxy) is 1. The van der Waals surface area contributed by atoms with E-state index in [2.05, 4.69) is 6.92 Å². The van der Waals surface area contributed by atoms with Crippen LogP contribution in [0.5, 0.6) is 0 Å². The fourth-order valence-electron chi connectivity index (χ4n) is 9.07. The van der Waals surface area contributed by atoms with Crippen molar-refractivity contribution in [2.24, 2.45) is 40.2 Å². The van der Waals surface area contributed by atoms with Crippen LogP contribution in [0.3, 0.4) is 0 Å². The summed E-state index contributed by atoms with van der Waals surface area (Å²) in [7, 11) is 1.87. The van der Waals surface area contributed by atoms with Gasteiger partial charge >= 0.3 is 5.97 Å². The number of aliphatic hydroxyl groups is 2. The second kappa shape index (κ2) is 7.79. The van der Waals surface area contributed by atoms with Crippen molar-refractivity contribution in [3.8, 4) is 0 Å². The molecule has 0 radical (unpaired) electrons. The molecule has 5 rings (SSSR count). The van der Waals surface area contributed by atoms with E-state index < -0.39 is 17.1 Å². The number of aliphatic hydroxyl groups excluding tert-OH is 1. The summed E-state index contributed by atoms with van der Waals surface area (Å²) in [4.78, 5) is 25.8. The molecule has 9 atom stereocenters. The lowest BCUT2D eigenvalue weighted by atomic mass is 9.42. The maximum absolute atomic E-state index is 12.3. The third-order valence-electron chi connectivity index (χ3n) is 11.2. The fourth-order valence-corrected chi connectivity index (χ4v) is 9.07. The third-order valence-corrected chi connectivity index (χ3v) is 11.2. The molecule has 0 aromatic heterocycles. The fraction of sp³-hybridized carbons (Fsp3) is 0.846. The van der Waals surface area contributed by atoms with Gasteiger partial charge in [-0.3, -0.25) is 4.79 Å². The zero-order valence-electron chi connectivity index (χ0n) is 20.3. The van der Waals surface area contributed by atoms with Gasteiger partial charge in [0, 0.05) is 24.6 Å². The van der Waals surface area contributed by atoms with E-state index in [0.29, 0.717) is 18.8 Å². The molecule has 1 amide bonds. The molecule has 0 unspecified atom stereocenters. The Morgan fingerprint density at radius 3 is 2.61 bits per heavy atom. The van der Waals surface area contributed by atoms with Crippen molar-refractivity contribution in [3.63, 3.8) is 0 Å². The summed E-state index contributed by atoms with van der Waals surface area (Å²) >= 11 is 0. The Bertz CT molecular complexity index is 875. The summed E-state index contributed by atoms with van der Waals surface area (Å²) in [5, 5.41) is 23.9. The molecule has 184 valence electrons. The smallest absolute Gasteiger partial charge is 0.331 e. The molecule has 4 aliphatic carbocycles. The van der Waals surface area contributed by atoms with Crippen LogP contribution in [0, 0.1) is 34.5 Å². The molecule has 0 spiro atoms. The Labute approximate surface area is 196 Å². The Kier molecular flexibility index (Phi) is 5.50. The Balaban J connectivity index is 1.41. The molecule has 0 saturated heterocycles. The number of carbonyl (C=O) groups is 2. The van der Waals surface area contributed by atoms with Gasteiger partial charge in [-0.2, -0.15) is 0 Å². The van der Waals surface area contributed by atoms with Gasteiger partial charge in [0.05, 0.1) is 18.2 Å². The maximum atomic E-state index is 12.3. The number of hydrogen-bond donors (Lipinski definition) is 3. The molecule has 4 N–H and O–H groups in total. The second-order valence-electron chi connectivity index (χ2n) is 12.0. The monoisotopic (exact) mass is 460 g/mol. The molecular formula is C26H40N2O5. The van der Waals surface area contributed by atoms with Crippen LogP contribution in [0.25, 0.3) is 0 Å². The molecule has 33 heavy (non-hydrogen) atoms. The minimum absolute atomic E-state index is 0.00358. The zero-order chi connectivity index (χ0) is 23.8. The van der Waals surface area contributed by atoms with Crippen LogP contribution in [0.15, 0.2) is 11.6 Å². The second-order valence-corrected chi connectivity index (χ2v) is 12.0. The normalized spacial score (nSPS) is 48.9. The molecule has 7 nitrogen and oxygen atoms in total. The van der Waals surface area contributed by atoms with Crippen molar-refractivity contribution in [2.75, 3.05) is 20.2 Å². The van der Waals surface area contributed by atoms with Crippen LogP contribution < -0.4 is 5.73 Å². The molecule has 1 heterocycles. The van der Waals surface area contributed by atoms with Gasteiger partial charge in [-0.1, -0.05) is 13.8 Å². The number of amides is 1. The van der Waals surface area contributed by atoms with Crippen molar-refractivity contribution < 1.29 is 24.5 Å². The molecule has 4 fully saturated rings. The van der Waals surface area contributed by atoms with Crippen molar-refractivity contribution in [1.29, 1.82) is 0 Å². The average molecular weight is 461 g/mol. The van der Waals surface area contributed by atoms with E-state index in [1.807, 2.05) is 18.9 Å². The molecule has 5 aliphatic rings. The SMILES string of the molecule is CN(C(=O)CN)[C@H]1CC[C@@]2(C)[C@H](CC[C@@H]3[C@@H]2C[C@@H](O)[C@]2(C)[C@@H](C4=CC(=O)OC4)CC[C@]32O)C1. The topological polar surface area (TPSA) is 113 Å². The van der Waals surface area contributed by atoms with E-state index in [4.69, 9.17) is 10.5 Å². The number of fused-ring (bicyclic) bond motifs is 5. The van der Waals surface area contributed by atoms with Gasteiger partial charge < -0.3 is 25.6 Å². The van der Waals surface area contributed by atoms with Crippen LogP contribution >= 0.6 is 0 Å². The zero-order valence-corrected chi connectivity index (χ0v) is 20.3. The van der Waals surface area contributed by atoms with Crippen molar-refractivity contribution in [2.45, 2.75) is 83.0 Å². The first-order valence-corrected chi connectivity index (χ1v) is 12.8. The molecule has 7 heteroatoms. The van der Waals surface area contributed by atoms with Gasteiger partial charge in [0.25, 0.3) is 0 Å².